The maximum Gasteiger partial charge on any atom is 0.192 e. The van der Waals surface area contributed by atoms with Crippen molar-refractivity contribution in [1.82, 2.24) is 24.7 Å². The Labute approximate surface area is 200 Å². The molecule has 0 unspecified atom stereocenters. The van der Waals surface area contributed by atoms with Gasteiger partial charge in [-0.2, -0.15) is 5.26 Å². The number of hydrogen-bond donors (Lipinski definition) is 2. The van der Waals surface area contributed by atoms with E-state index in [4.69, 9.17) is 0 Å². The largest absolute Gasteiger partial charge is 0.510 e. The fourth-order valence-electron chi connectivity index (χ4n) is 4.40. The van der Waals surface area contributed by atoms with Crippen LogP contribution >= 0.6 is 11.8 Å². The lowest BCUT2D eigenvalue weighted by Crippen LogP contribution is -2.15. The van der Waals surface area contributed by atoms with Gasteiger partial charge in [0.05, 0.1) is 22.3 Å². The fourth-order valence-corrected chi connectivity index (χ4v) is 5.28. The number of rotatable bonds is 6. The number of H-pyrrole nitrogens is 1. The molecule has 0 amide bonds. The first-order chi connectivity index (χ1) is 16.7. The topological polar surface area (TPSA) is 103 Å². The number of fused-ring (bicyclic) bond motifs is 1. The molecule has 34 heavy (non-hydrogen) atoms. The van der Waals surface area contributed by atoms with E-state index in [0.29, 0.717) is 22.4 Å². The van der Waals surface area contributed by atoms with Crippen molar-refractivity contribution in [1.29, 1.82) is 5.26 Å². The van der Waals surface area contributed by atoms with Crippen LogP contribution in [-0.2, 0) is 0 Å². The van der Waals surface area contributed by atoms with Gasteiger partial charge in [-0.05, 0) is 37.1 Å². The maximum atomic E-state index is 14.6. The Bertz CT molecular complexity index is 1360. The van der Waals surface area contributed by atoms with Crippen LogP contribution in [0.15, 0.2) is 59.4 Å². The van der Waals surface area contributed by atoms with E-state index in [2.05, 4.69) is 26.2 Å². The van der Waals surface area contributed by atoms with Crippen LogP contribution in [0.5, 0.6) is 0 Å². The van der Waals surface area contributed by atoms with Crippen LogP contribution < -0.4 is 0 Å². The number of halogens is 1. The molecule has 2 N–H and O–H groups in total. The molecule has 2 aromatic carbocycles. The Kier molecular flexibility index (Phi) is 6.32. The van der Waals surface area contributed by atoms with Crippen LogP contribution in [0.1, 0.15) is 44.0 Å². The molecule has 7 nitrogen and oxygen atoms in total. The Balaban J connectivity index is 1.46. The van der Waals surface area contributed by atoms with E-state index in [0.717, 1.165) is 36.7 Å². The summed E-state index contributed by atoms with van der Waals surface area (Å²) in [6.45, 7) is 0. The van der Waals surface area contributed by atoms with Gasteiger partial charge in [0.2, 0.25) is 0 Å². The number of nitrogens with zero attached hydrogens (tertiary/aromatic N) is 5. The number of aliphatic hydroxyl groups excluding tert-OH is 1. The number of imidazole rings is 1. The van der Waals surface area contributed by atoms with Crippen molar-refractivity contribution in [2.24, 2.45) is 0 Å². The molecular formula is C25H23FN6OS. The summed E-state index contributed by atoms with van der Waals surface area (Å²) in [5, 5.41) is 29.7. The second-order valence-corrected chi connectivity index (χ2v) is 9.22. The summed E-state index contributed by atoms with van der Waals surface area (Å²) in [7, 11) is 0. The number of benzene rings is 2. The fraction of sp³-hybridized carbons (Fsp3) is 0.280. The van der Waals surface area contributed by atoms with Gasteiger partial charge in [-0.15, -0.1) is 10.2 Å². The van der Waals surface area contributed by atoms with Crippen molar-refractivity contribution in [3.8, 4) is 17.5 Å². The van der Waals surface area contributed by atoms with E-state index >= 15 is 0 Å². The van der Waals surface area contributed by atoms with Crippen LogP contribution in [0.3, 0.4) is 0 Å². The lowest BCUT2D eigenvalue weighted by atomic mass is 9.95. The van der Waals surface area contributed by atoms with Crippen molar-refractivity contribution in [2.45, 2.75) is 43.3 Å². The van der Waals surface area contributed by atoms with Crippen molar-refractivity contribution in [3.05, 3.63) is 65.9 Å². The number of nitriles is 1. The zero-order valence-electron chi connectivity index (χ0n) is 18.4. The van der Waals surface area contributed by atoms with Gasteiger partial charge in [-0.25, -0.2) is 9.37 Å². The molecule has 5 rings (SSSR count). The normalized spacial score (nSPS) is 15.3. The maximum absolute atomic E-state index is 14.6. The number of aliphatic hydroxyl groups is 1. The standard InChI is InChI=1S/C25H23FN6OS/c26-19-11-5-4-10-17(19)24-30-31-25(32(24)16-8-2-1-3-9-16)34-15-22(33)18(14-27)23-28-20-12-6-7-13-21(20)29-23/h4-7,10-13,16,33H,1-3,8-9,15H2,(H,28,29)/b22-18-. The van der Waals surface area contributed by atoms with Gasteiger partial charge < -0.3 is 10.1 Å². The molecular weight excluding hydrogens is 451 g/mol. The highest BCUT2D eigenvalue weighted by molar-refractivity contribution is 7.99. The molecule has 0 atom stereocenters. The molecule has 0 radical (unpaired) electrons. The van der Waals surface area contributed by atoms with Crippen molar-refractivity contribution in [2.75, 3.05) is 5.75 Å². The quantitative estimate of drug-likeness (QED) is 0.200. The van der Waals surface area contributed by atoms with Crippen molar-refractivity contribution in [3.63, 3.8) is 0 Å². The first kappa shape index (κ1) is 22.2. The highest BCUT2D eigenvalue weighted by Crippen LogP contribution is 2.36. The van der Waals surface area contributed by atoms with Crippen molar-refractivity contribution >= 4 is 28.4 Å². The molecule has 0 bridgehead atoms. The van der Waals surface area contributed by atoms with E-state index in [1.54, 1.807) is 18.2 Å². The smallest absolute Gasteiger partial charge is 0.192 e. The molecule has 4 aromatic rings. The molecule has 172 valence electrons. The van der Waals surface area contributed by atoms with E-state index in [9.17, 15) is 14.8 Å². The summed E-state index contributed by atoms with van der Waals surface area (Å²) in [4.78, 5) is 7.51. The van der Waals surface area contributed by atoms with Gasteiger partial charge in [0.25, 0.3) is 0 Å². The molecule has 1 fully saturated rings. The third-order valence-corrected chi connectivity index (χ3v) is 7.04. The zero-order chi connectivity index (χ0) is 23.5. The number of allylic oxidation sites excluding steroid dienone is 1. The lowest BCUT2D eigenvalue weighted by molar-refractivity contribution is 0.338. The summed E-state index contributed by atoms with van der Waals surface area (Å²) in [5.41, 5.74) is 2.00. The van der Waals surface area contributed by atoms with Crippen LogP contribution in [0.2, 0.25) is 0 Å². The van der Waals surface area contributed by atoms with Crippen LogP contribution in [0.25, 0.3) is 28.0 Å². The minimum absolute atomic E-state index is 0.0850. The summed E-state index contributed by atoms with van der Waals surface area (Å²) >= 11 is 1.28. The number of aromatic amines is 1. The van der Waals surface area contributed by atoms with Gasteiger partial charge in [0.1, 0.15) is 23.2 Å². The third-order valence-electron chi connectivity index (χ3n) is 6.08. The SMILES string of the molecule is N#C/C(=C(/O)CSc1nnc(-c2ccccc2F)n1C1CCCCC1)c1nc2ccccc2[nH]1. The molecule has 1 aliphatic rings. The van der Waals surface area contributed by atoms with E-state index in [1.165, 1.54) is 24.2 Å². The zero-order valence-corrected chi connectivity index (χ0v) is 19.2. The van der Waals surface area contributed by atoms with Gasteiger partial charge in [-0.1, -0.05) is 55.3 Å². The summed E-state index contributed by atoms with van der Waals surface area (Å²) in [6.07, 6.45) is 5.32. The predicted octanol–water partition coefficient (Wildman–Crippen LogP) is 6.05. The average Bonchev–Trinajstić information content (AvgIpc) is 3.48. The summed E-state index contributed by atoms with van der Waals surface area (Å²) in [6, 6.07) is 16.2. The lowest BCUT2D eigenvalue weighted by Gasteiger charge is -2.25. The molecule has 0 saturated heterocycles. The van der Waals surface area contributed by atoms with Gasteiger partial charge in [-0.3, -0.25) is 4.57 Å². The highest BCUT2D eigenvalue weighted by Gasteiger charge is 2.25. The summed E-state index contributed by atoms with van der Waals surface area (Å²) in [5.74, 6) is 0.485. The molecule has 0 aliphatic heterocycles. The molecule has 1 aliphatic carbocycles. The minimum atomic E-state index is -0.345. The Hall–Kier alpha value is -3.64. The van der Waals surface area contributed by atoms with Crippen molar-refractivity contribution < 1.29 is 9.50 Å². The number of aromatic nitrogens is 5. The first-order valence-electron chi connectivity index (χ1n) is 11.3. The van der Waals surface area contributed by atoms with Gasteiger partial charge in [0.15, 0.2) is 16.8 Å². The van der Waals surface area contributed by atoms with Gasteiger partial charge in [0, 0.05) is 6.04 Å². The Morgan fingerprint density at radius 3 is 2.65 bits per heavy atom. The van der Waals surface area contributed by atoms with E-state index in [-0.39, 0.29) is 28.9 Å². The van der Waals surface area contributed by atoms with Crippen LogP contribution in [0.4, 0.5) is 4.39 Å². The second-order valence-electron chi connectivity index (χ2n) is 8.27. The Morgan fingerprint density at radius 2 is 1.88 bits per heavy atom. The molecule has 0 spiro atoms. The third kappa shape index (κ3) is 4.29. The highest BCUT2D eigenvalue weighted by atomic mass is 32.2. The number of para-hydroxylation sites is 2. The molecule has 2 heterocycles. The summed E-state index contributed by atoms with van der Waals surface area (Å²) < 4.78 is 16.6. The molecule has 2 aromatic heterocycles. The minimum Gasteiger partial charge on any atom is -0.510 e. The van der Waals surface area contributed by atoms with Gasteiger partial charge >= 0.3 is 0 Å². The predicted molar refractivity (Wildman–Crippen MR) is 130 cm³/mol. The molecule has 1 saturated carbocycles. The average molecular weight is 475 g/mol. The van der Waals surface area contributed by atoms with E-state index < -0.39 is 0 Å². The monoisotopic (exact) mass is 474 g/mol. The van der Waals surface area contributed by atoms with Crippen LogP contribution in [0, 0.1) is 17.1 Å². The van der Waals surface area contributed by atoms with E-state index in [1.807, 2.05) is 28.8 Å². The Morgan fingerprint density at radius 1 is 1.12 bits per heavy atom. The number of nitrogens with one attached hydrogen (secondary N) is 1. The van der Waals surface area contributed by atoms with Crippen LogP contribution in [-0.4, -0.2) is 35.6 Å². The molecule has 9 heteroatoms. The second kappa shape index (κ2) is 9.69. The number of thioether (sulfide) groups is 1. The first-order valence-corrected chi connectivity index (χ1v) is 12.2. The number of hydrogen-bond acceptors (Lipinski definition) is 6.